The van der Waals surface area contributed by atoms with Crippen molar-refractivity contribution in [2.24, 2.45) is 0 Å². The molecule has 8 heteroatoms. The number of ether oxygens (including phenoxy) is 1. The molecule has 0 atom stereocenters. The zero-order chi connectivity index (χ0) is 19.4. The van der Waals surface area contributed by atoms with Gasteiger partial charge in [-0.1, -0.05) is 6.92 Å². The number of nitrogens with zero attached hydrogens (tertiary/aromatic N) is 2. The van der Waals surface area contributed by atoms with Crippen molar-refractivity contribution >= 4 is 33.4 Å². The second kappa shape index (κ2) is 8.22. The van der Waals surface area contributed by atoms with E-state index in [1.165, 1.54) is 18.3 Å². The van der Waals surface area contributed by atoms with Crippen LogP contribution in [0.4, 0.5) is 0 Å². The van der Waals surface area contributed by atoms with Crippen LogP contribution in [0.25, 0.3) is 15.9 Å². The molecule has 2 amide bonds. The Morgan fingerprint density at radius 2 is 1.89 bits per heavy atom. The lowest BCUT2D eigenvalue weighted by molar-refractivity contribution is -0.118. The zero-order valence-electron chi connectivity index (χ0n) is 15.5. The first kappa shape index (κ1) is 18.9. The monoisotopic (exact) mass is 386 g/mol. The van der Waals surface area contributed by atoms with Crippen LogP contribution < -0.4 is 15.4 Å². The van der Waals surface area contributed by atoms with Gasteiger partial charge in [0.2, 0.25) is 5.91 Å². The van der Waals surface area contributed by atoms with Crippen molar-refractivity contribution in [1.82, 2.24) is 20.4 Å². The minimum Gasteiger partial charge on any atom is -0.497 e. The van der Waals surface area contributed by atoms with Crippen molar-refractivity contribution in [2.75, 3.05) is 20.2 Å². The number of amides is 2. The van der Waals surface area contributed by atoms with Gasteiger partial charge in [0.1, 0.15) is 10.6 Å². The van der Waals surface area contributed by atoms with E-state index in [0.29, 0.717) is 18.0 Å². The lowest BCUT2D eigenvalue weighted by Crippen LogP contribution is -2.33. The van der Waals surface area contributed by atoms with Crippen LogP contribution in [0.3, 0.4) is 0 Å². The number of aromatic nitrogens is 2. The Balaban J connectivity index is 1.86. The molecule has 3 rings (SSSR count). The van der Waals surface area contributed by atoms with Crippen LogP contribution >= 0.6 is 11.3 Å². The molecule has 0 aliphatic rings. The maximum Gasteiger partial charge on any atom is 0.261 e. The summed E-state index contributed by atoms with van der Waals surface area (Å²) in [6.07, 6.45) is 0.778. The summed E-state index contributed by atoms with van der Waals surface area (Å²) in [5, 5.41) is 11.2. The molecule has 142 valence electrons. The molecule has 7 nitrogen and oxygen atoms in total. The van der Waals surface area contributed by atoms with E-state index in [2.05, 4.69) is 10.6 Å². The number of hydrogen-bond acceptors (Lipinski definition) is 5. The smallest absolute Gasteiger partial charge is 0.261 e. The van der Waals surface area contributed by atoms with E-state index in [-0.39, 0.29) is 11.8 Å². The van der Waals surface area contributed by atoms with Crippen LogP contribution in [-0.4, -0.2) is 41.8 Å². The number of nitrogens with one attached hydrogen (secondary N) is 2. The third-order valence-electron chi connectivity index (χ3n) is 4.10. The van der Waals surface area contributed by atoms with Crippen LogP contribution in [-0.2, 0) is 11.2 Å². The molecule has 2 aromatic heterocycles. The van der Waals surface area contributed by atoms with E-state index in [1.807, 2.05) is 41.9 Å². The largest absolute Gasteiger partial charge is 0.497 e. The Morgan fingerprint density at radius 3 is 2.52 bits per heavy atom. The quantitative estimate of drug-likeness (QED) is 0.611. The number of carbonyl (C=O) groups excluding carboxylic acids is 2. The van der Waals surface area contributed by atoms with Crippen LogP contribution in [0, 0.1) is 0 Å². The fraction of sp³-hybridized carbons (Fsp3) is 0.316. The summed E-state index contributed by atoms with van der Waals surface area (Å²) in [5.41, 5.74) is 1.87. The number of hydrogen-bond donors (Lipinski definition) is 2. The van der Waals surface area contributed by atoms with Gasteiger partial charge in [0.15, 0.2) is 0 Å². The fourth-order valence-electron chi connectivity index (χ4n) is 2.74. The minimum atomic E-state index is -0.148. The molecule has 27 heavy (non-hydrogen) atoms. The summed E-state index contributed by atoms with van der Waals surface area (Å²) < 4.78 is 7.08. The van der Waals surface area contributed by atoms with Crippen molar-refractivity contribution in [3.05, 3.63) is 40.9 Å². The van der Waals surface area contributed by atoms with E-state index in [1.54, 1.807) is 7.11 Å². The highest BCUT2D eigenvalue weighted by Gasteiger charge is 2.18. The van der Waals surface area contributed by atoms with Crippen LogP contribution in [0.15, 0.2) is 30.3 Å². The highest BCUT2D eigenvalue weighted by molar-refractivity contribution is 7.20. The van der Waals surface area contributed by atoms with E-state index >= 15 is 0 Å². The first-order valence-corrected chi connectivity index (χ1v) is 9.53. The van der Waals surface area contributed by atoms with Gasteiger partial charge in [0, 0.05) is 25.4 Å². The van der Waals surface area contributed by atoms with Gasteiger partial charge in [-0.25, -0.2) is 4.68 Å². The van der Waals surface area contributed by atoms with E-state index in [0.717, 1.165) is 33.8 Å². The molecule has 0 aliphatic heterocycles. The van der Waals surface area contributed by atoms with Gasteiger partial charge >= 0.3 is 0 Å². The molecule has 0 aliphatic carbocycles. The Labute approximate surface area is 161 Å². The number of methoxy groups -OCH3 is 1. The van der Waals surface area contributed by atoms with E-state index in [9.17, 15) is 9.59 Å². The van der Waals surface area contributed by atoms with Gasteiger partial charge in [-0.3, -0.25) is 9.59 Å². The topological polar surface area (TPSA) is 85.2 Å². The van der Waals surface area contributed by atoms with Crippen molar-refractivity contribution in [2.45, 2.75) is 20.3 Å². The van der Waals surface area contributed by atoms with Gasteiger partial charge < -0.3 is 15.4 Å². The van der Waals surface area contributed by atoms with Crippen LogP contribution in [0.5, 0.6) is 5.75 Å². The average molecular weight is 386 g/mol. The normalized spacial score (nSPS) is 10.8. The summed E-state index contributed by atoms with van der Waals surface area (Å²) in [7, 11) is 1.63. The standard InChI is InChI=1S/C19H22N4O3S/c1-4-16-15-11-17(18(25)21-10-9-20-12(2)24)27-19(15)23(22-16)13-5-7-14(26-3)8-6-13/h5-8,11H,4,9-10H2,1-3H3,(H,20,24)(H,21,25). The van der Waals surface area contributed by atoms with Crippen molar-refractivity contribution in [3.63, 3.8) is 0 Å². The lowest BCUT2D eigenvalue weighted by Gasteiger charge is -2.05. The van der Waals surface area contributed by atoms with Crippen LogP contribution in [0.1, 0.15) is 29.2 Å². The molecule has 0 saturated carbocycles. The van der Waals surface area contributed by atoms with Gasteiger partial charge in [0.05, 0.1) is 23.4 Å². The lowest BCUT2D eigenvalue weighted by atomic mass is 10.2. The van der Waals surface area contributed by atoms with Gasteiger partial charge in [-0.05, 0) is 36.8 Å². The number of aryl methyl sites for hydroxylation is 1. The molecule has 0 bridgehead atoms. The molecule has 1 aromatic carbocycles. The summed E-state index contributed by atoms with van der Waals surface area (Å²) in [6.45, 7) is 4.29. The van der Waals surface area contributed by atoms with Gasteiger partial charge in [-0.2, -0.15) is 5.10 Å². The Hall–Kier alpha value is -2.87. The van der Waals surface area contributed by atoms with Crippen molar-refractivity contribution in [3.8, 4) is 11.4 Å². The first-order valence-electron chi connectivity index (χ1n) is 8.72. The average Bonchev–Trinajstić information content (AvgIpc) is 3.24. The third kappa shape index (κ3) is 4.11. The van der Waals surface area contributed by atoms with Gasteiger partial charge in [-0.15, -0.1) is 11.3 Å². The highest BCUT2D eigenvalue weighted by atomic mass is 32.1. The Kier molecular flexibility index (Phi) is 5.75. The Bertz CT molecular complexity index is 959. The van der Waals surface area contributed by atoms with Gasteiger partial charge in [0.25, 0.3) is 5.91 Å². The molecule has 2 heterocycles. The molecule has 2 N–H and O–H groups in total. The molecule has 0 fully saturated rings. The first-order chi connectivity index (χ1) is 13.0. The second-order valence-electron chi connectivity index (χ2n) is 5.98. The summed E-state index contributed by atoms with van der Waals surface area (Å²) >= 11 is 1.41. The highest BCUT2D eigenvalue weighted by Crippen LogP contribution is 2.31. The SMILES string of the molecule is CCc1nn(-c2ccc(OC)cc2)c2sc(C(=O)NCCNC(C)=O)cc12. The zero-order valence-corrected chi connectivity index (χ0v) is 16.4. The number of benzene rings is 1. The van der Waals surface area contributed by atoms with Crippen molar-refractivity contribution < 1.29 is 14.3 Å². The Morgan fingerprint density at radius 1 is 1.19 bits per heavy atom. The van der Waals surface area contributed by atoms with Crippen LogP contribution in [0.2, 0.25) is 0 Å². The summed E-state index contributed by atoms with van der Waals surface area (Å²) in [4.78, 5) is 24.9. The molecule has 0 radical (unpaired) electrons. The molecular formula is C19H22N4O3S. The van der Waals surface area contributed by atoms with E-state index < -0.39 is 0 Å². The number of rotatable bonds is 7. The molecule has 3 aromatic rings. The second-order valence-corrected chi connectivity index (χ2v) is 7.01. The maximum atomic E-state index is 12.4. The van der Waals surface area contributed by atoms with Crippen molar-refractivity contribution in [1.29, 1.82) is 0 Å². The minimum absolute atomic E-state index is 0.113. The molecule has 0 spiro atoms. The maximum absolute atomic E-state index is 12.4. The number of carbonyl (C=O) groups is 2. The summed E-state index contributed by atoms with van der Waals surface area (Å²) in [6, 6.07) is 9.55. The summed E-state index contributed by atoms with van der Waals surface area (Å²) in [5.74, 6) is 0.520. The molecule has 0 saturated heterocycles. The number of thiophene rings is 1. The fourth-order valence-corrected chi connectivity index (χ4v) is 3.81. The predicted octanol–water partition coefficient (Wildman–Crippen LogP) is 2.52. The third-order valence-corrected chi connectivity index (χ3v) is 5.21. The number of fused-ring (bicyclic) bond motifs is 1. The van der Waals surface area contributed by atoms with E-state index in [4.69, 9.17) is 9.84 Å². The predicted molar refractivity (Wildman–Crippen MR) is 106 cm³/mol. The molecule has 0 unspecified atom stereocenters. The molecular weight excluding hydrogens is 364 g/mol.